The van der Waals surface area contributed by atoms with E-state index < -0.39 is 12.1 Å². The van der Waals surface area contributed by atoms with E-state index in [1.54, 1.807) is 0 Å². The lowest BCUT2D eigenvalue weighted by molar-refractivity contribution is -0.123. The zero-order chi connectivity index (χ0) is 16.9. The van der Waals surface area contributed by atoms with Gasteiger partial charge in [-0.25, -0.2) is 4.79 Å². The fourth-order valence-corrected chi connectivity index (χ4v) is 2.72. The Labute approximate surface area is 135 Å². The smallest absolute Gasteiger partial charge is 0.408 e. The van der Waals surface area contributed by atoms with E-state index in [2.05, 4.69) is 10.6 Å². The van der Waals surface area contributed by atoms with Gasteiger partial charge in [0.2, 0.25) is 5.91 Å². The molecule has 0 aromatic heterocycles. The highest BCUT2D eigenvalue weighted by molar-refractivity contribution is 5.82. The van der Waals surface area contributed by atoms with Crippen LogP contribution in [0.4, 0.5) is 4.79 Å². The van der Waals surface area contributed by atoms with E-state index in [9.17, 15) is 14.9 Å². The van der Waals surface area contributed by atoms with Crippen molar-refractivity contribution in [3.8, 4) is 6.07 Å². The first-order chi connectivity index (χ1) is 10.9. The number of nitriles is 1. The summed E-state index contributed by atoms with van der Waals surface area (Å²) >= 11 is 0. The predicted molar refractivity (Wildman–Crippen MR) is 84.1 cm³/mol. The number of rotatable bonds is 5. The molecule has 23 heavy (non-hydrogen) atoms. The van der Waals surface area contributed by atoms with Crippen LogP contribution in [0.1, 0.15) is 32.3 Å². The van der Waals surface area contributed by atoms with Crippen molar-refractivity contribution in [3.05, 3.63) is 35.9 Å². The van der Waals surface area contributed by atoms with Gasteiger partial charge in [0.25, 0.3) is 0 Å². The second-order valence-electron chi connectivity index (χ2n) is 6.40. The molecule has 1 aromatic rings. The number of amides is 2. The molecule has 0 spiro atoms. The van der Waals surface area contributed by atoms with Crippen LogP contribution in [0, 0.1) is 17.2 Å². The van der Waals surface area contributed by atoms with Gasteiger partial charge in [0.1, 0.15) is 12.6 Å². The molecule has 6 nitrogen and oxygen atoms in total. The predicted octanol–water partition coefficient (Wildman–Crippen LogP) is 2.11. The summed E-state index contributed by atoms with van der Waals surface area (Å²) in [7, 11) is 0. The highest BCUT2D eigenvalue weighted by atomic mass is 16.5. The second-order valence-corrected chi connectivity index (χ2v) is 6.40. The fraction of sp³-hybridized carbons (Fsp3) is 0.471. The van der Waals surface area contributed by atoms with Crippen molar-refractivity contribution >= 4 is 12.0 Å². The summed E-state index contributed by atoms with van der Waals surface area (Å²) in [4.78, 5) is 23.7. The highest BCUT2D eigenvalue weighted by Crippen LogP contribution is 2.27. The van der Waals surface area contributed by atoms with Crippen LogP contribution in [0.5, 0.6) is 0 Å². The molecule has 1 aliphatic rings. The van der Waals surface area contributed by atoms with Gasteiger partial charge in [-0.15, -0.1) is 0 Å². The van der Waals surface area contributed by atoms with Crippen molar-refractivity contribution in [2.45, 2.75) is 44.9 Å². The fourth-order valence-electron chi connectivity index (χ4n) is 2.72. The lowest BCUT2D eigenvalue weighted by atomic mass is 9.92. The molecule has 2 atom stereocenters. The standard InChI is InChI=1S/C17H21N3O3/c1-17(2)9-13(15(21)20-17)8-14(10-18)19-16(22)23-11-12-6-4-3-5-7-12/h3-7,13-14H,8-9,11H2,1-2H3,(H,19,22)(H,20,21)/t13-,14+/m1/s1. The summed E-state index contributed by atoms with van der Waals surface area (Å²) < 4.78 is 5.09. The molecule has 6 heteroatoms. The molecule has 0 saturated carbocycles. The Kier molecular flexibility index (Phi) is 5.22. The zero-order valence-corrected chi connectivity index (χ0v) is 13.3. The normalized spacial score (nSPS) is 20.2. The third-order valence-corrected chi connectivity index (χ3v) is 3.77. The summed E-state index contributed by atoms with van der Waals surface area (Å²) in [6.07, 6.45) is 0.273. The SMILES string of the molecule is CC1(C)C[C@@H](C[C@@H](C#N)NC(=O)OCc2ccccc2)C(=O)N1. The number of hydrogen-bond donors (Lipinski definition) is 2. The Balaban J connectivity index is 1.81. The average molecular weight is 315 g/mol. The summed E-state index contributed by atoms with van der Waals surface area (Å²) in [5.74, 6) is -0.348. The molecule has 0 bridgehead atoms. The second kappa shape index (κ2) is 7.14. The van der Waals surface area contributed by atoms with Gasteiger partial charge in [-0.1, -0.05) is 30.3 Å². The summed E-state index contributed by atoms with van der Waals surface area (Å²) in [5, 5.41) is 14.6. The molecule has 0 radical (unpaired) electrons. The third-order valence-electron chi connectivity index (χ3n) is 3.77. The van der Waals surface area contributed by atoms with E-state index in [1.807, 2.05) is 50.2 Å². The maximum atomic E-state index is 11.9. The van der Waals surface area contributed by atoms with E-state index in [0.717, 1.165) is 5.56 Å². The molecule has 0 unspecified atom stereocenters. The van der Waals surface area contributed by atoms with Crippen molar-refractivity contribution in [2.75, 3.05) is 0 Å². The van der Waals surface area contributed by atoms with E-state index >= 15 is 0 Å². The first-order valence-electron chi connectivity index (χ1n) is 7.58. The molecule has 1 aromatic carbocycles. The minimum absolute atomic E-state index is 0.0743. The zero-order valence-electron chi connectivity index (χ0n) is 13.3. The third kappa shape index (κ3) is 4.99. The van der Waals surface area contributed by atoms with Gasteiger partial charge in [-0.2, -0.15) is 5.26 Å². The molecule has 1 fully saturated rings. The Bertz CT molecular complexity index is 607. The van der Waals surface area contributed by atoms with Gasteiger partial charge in [-0.05, 0) is 32.3 Å². The van der Waals surface area contributed by atoms with Crippen LogP contribution in [-0.2, 0) is 16.1 Å². The monoisotopic (exact) mass is 315 g/mol. The number of carbonyl (C=O) groups excluding carboxylic acids is 2. The molecule has 2 rings (SSSR count). The van der Waals surface area contributed by atoms with Crippen LogP contribution in [0.15, 0.2) is 30.3 Å². The lowest BCUT2D eigenvalue weighted by Gasteiger charge is -2.17. The number of benzene rings is 1. The first-order valence-corrected chi connectivity index (χ1v) is 7.58. The maximum absolute atomic E-state index is 11.9. The van der Waals surface area contributed by atoms with Crippen molar-refractivity contribution in [2.24, 2.45) is 5.92 Å². The van der Waals surface area contributed by atoms with Crippen LogP contribution in [0.25, 0.3) is 0 Å². The van der Waals surface area contributed by atoms with Crippen molar-refractivity contribution < 1.29 is 14.3 Å². The van der Waals surface area contributed by atoms with E-state index in [-0.39, 0.29) is 30.4 Å². The molecular weight excluding hydrogens is 294 g/mol. The minimum Gasteiger partial charge on any atom is -0.445 e. The number of alkyl carbamates (subject to hydrolysis) is 1. The van der Waals surface area contributed by atoms with E-state index in [4.69, 9.17) is 4.74 Å². The van der Waals surface area contributed by atoms with Crippen molar-refractivity contribution in [3.63, 3.8) is 0 Å². The van der Waals surface area contributed by atoms with Gasteiger partial charge in [0.15, 0.2) is 0 Å². The quantitative estimate of drug-likeness (QED) is 0.870. The Hall–Kier alpha value is -2.55. The lowest BCUT2D eigenvalue weighted by Crippen LogP contribution is -2.37. The Morgan fingerprint density at radius 3 is 2.74 bits per heavy atom. The number of nitrogens with one attached hydrogen (secondary N) is 2. The largest absolute Gasteiger partial charge is 0.445 e. The number of nitrogens with zero attached hydrogens (tertiary/aromatic N) is 1. The number of ether oxygens (including phenoxy) is 1. The van der Waals surface area contributed by atoms with E-state index in [1.165, 1.54) is 0 Å². The molecular formula is C17H21N3O3. The molecule has 2 amide bonds. The molecule has 122 valence electrons. The van der Waals surface area contributed by atoms with Gasteiger partial charge < -0.3 is 15.4 Å². The van der Waals surface area contributed by atoms with Crippen molar-refractivity contribution in [1.82, 2.24) is 10.6 Å². The average Bonchev–Trinajstić information content (AvgIpc) is 2.77. The summed E-state index contributed by atoms with van der Waals surface area (Å²) in [6.45, 7) is 4.02. The number of carbonyl (C=O) groups is 2. The van der Waals surface area contributed by atoms with Crippen LogP contribution in [0.3, 0.4) is 0 Å². The van der Waals surface area contributed by atoms with Gasteiger partial charge in [-0.3, -0.25) is 4.79 Å². The molecule has 0 aliphatic carbocycles. The molecule has 2 N–H and O–H groups in total. The van der Waals surface area contributed by atoms with Gasteiger partial charge in [0, 0.05) is 11.5 Å². The molecule has 1 saturated heterocycles. The summed E-state index contributed by atoms with van der Waals surface area (Å²) in [5.41, 5.74) is 0.600. The van der Waals surface area contributed by atoms with Crippen LogP contribution < -0.4 is 10.6 Å². The van der Waals surface area contributed by atoms with Crippen LogP contribution >= 0.6 is 0 Å². The van der Waals surface area contributed by atoms with Crippen molar-refractivity contribution in [1.29, 1.82) is 5.26 Å². The van der Waals surface area contributed by atoms with Gasteiger partial charge >= 0.3 is 6.09 Å². The molecule has 1 aliphatic heterocycles. The minimum atomic E-state index is -0.747. The number of hydrogen-bond acceptors (Lipinski definition) is 4. The van der Waals surface area contributed by atoms with Crippen LogP contribution in [-0.4, -0.2) is 23.6 Å². The highest BCUT2D eigenvalue weighted by Gasteiger charge is 2.38. The Morgan fingerprint density at radius 1 is 1.48 bits per heavy atom. The molecule has 1 heterocycles. The van der Waals surface area contributed by atoms with Crippen LogP contribution in [0.2, 0.25) is 0 Å². The van der Waals surface area contributed by atoms with E-state index in [0.29, 0.717) is 6.42 Å². The topological polar surface area (TPSA) is 91.2 Å². The van der Waals surface area contributed by atoms with Gasteiger partial charge in [0.05, 0.1) is 6.07 Å². The Morgan fingerprint density at radius 2 is 2.17 bits per heavy atom. The maximum Gasteiger partial charge on any atom is 0.408 e. The first kappa shape index (κ1) is 16.8. The summed E-state index contributed by atoms with van der Waals surface area (Å²) in [6, 6.07) is 10.6.